The van der Waals surface area contributed by atoms with Crippen molar-refractivity contribution in [3.63, 3.8) is 0 Å². The second-order valence-corrected chi connectivity index (χ2v) is 3.65. The summed E-state index contributed by atoms with van der Waals surface area (Å²) < 4.78 is 68.1. The van der Waals surface area contributed by atoms with Gasteiger partial charge in [-0.05, 0) is 6.07 Å². The maximum atomic E-state index is 13.2. The van der Waals surface area contributed by atoms with Crippen LogP contribution >= 0.6 is 0 Å². The van der Waals surface area contributed by atoms with Gasteiger partial charge in [0.05, 0.1) is 0 Å². The summed E-state index contributed by atoms with van der Waals surface area (Å²) in [5.74, 6) is -7.19. The molecule has 0 aliphatic heterocycles. The van der Waals surface area contributed by atoms with Crippen LogP contribution in [0.3, 0.4) is 0 Å². The van der Waals surface area contributed by atoms with Crippen LogP contribution in [0.25, 0.3) is 11.0 Å². The van der Waals surface area contributed by atoms with E-state index in [-0.39, 0.29) is 5.39 Å². The number of furan rings is 1. The van der Waals surface area contributed by atoms with E-state index in [1.54, 1.807) is 0 Å². The number of alkyl halides is 5. The van der Waals surface area contributed by atoms with Gasteiger partial charge in [0.1, 0.15) is 11.3 Å². The van der Waals surface area contributed by atoms with Crippen LogP contribution in [0.4, 0.5) is 22.0 Å². The van der Waals surface area contributed by atoms with Gasteiger partial charge >= 0.3 is 12.1 Å². The van der Waals surface area contributed by atoms with Gasteiger partial charge in [-0.3, -0.25) is 9.78 Å². The van der Waals surface area contributed by atoms with Crippen LogP contribution in [0.15, 0.2) is 22.7 Å². The van der Waals surface area contributed by atoms with E-state index in [9.17, 15) is 26.7 Å². The molecule has 1 amide bonds. The molecule has 2 N–H and O–H groups in total. The second-order valence-electron chi connectivity index (χ2n) is 3.65. The summed E-state index contributed by atoms with van der Waals surface area (Å²) in [7, 11) is 0. The van der Waals surface area contributed by atoms with Gasteiger partial charge in [-0.25, -0.2) is 0 Å². The SMILES string of the molecule is NC(=O)C(F)(F)c1cc2cnc(C(F)(F)F)cc2o1. The molecule has 0 saturated heterocycles. The van der Waals surface area contributed by atoms with Gasteiger partial charge in [0.2, 0.25) is 0 Å². The number of rotatable bonds is 2. The number of carbonyl (C=O) groups excluding carboxylic acids is 1. The van der Waals surface area contributed by atoms with Gasteiger partial charge in [0.25, 0.3) is 5.91 Å². The van der Waals surface area contributed by atoms with Crippen molar-refractivity contribution in [2.24, 2.45) is 5.73 Å². The molecule has 2 rings (SSSR count). The number of nitrogens with zero attached hydrogens (tertiary/aromatic N) is 1. The van der Waals surface area contributed by atoms with E-state index in [1.807, 2.05) is 0 Å². The fourth-order valence-electron chi connectivity index (χ4n) is 1.36. The Balaban J connectivity index is 2.56. The van der Waals surface area contributed by atoms with Gasteiger partial charge < -0.3 is 10.2 Å². The van der Waals surface area contributed by atoms with Gasteiger partial charge in [-0.1, -0.05) is 0 Å². The van der Waals surface area contributed by atoms with Crippen molar-refractivity contribution in [1.82, 2.24) is 4.98 Å². The molecule has 0 spiro atoms. The highest BCUT2D eigenvalue weighted by molar-refractivity contribution is 5.85. The first-order chi connectivity index (χ1) is 8.62. The van der Waals surface area contributed by atoms with Crippen molar-refractivity contribution in [3.05, 3.63) is 29.8 Å². The lowest BCUT2D eigenvalue weighted by Crippen LogP contribution is -2.32. The van der Waals surface area contributed by atoms with E-state index in [2.05, 4.69) is 15.1 Å². The van der Waals surface area contributed by atoms with Gasteiger partial charge in [0.15, 0.2) is 5.76 Å². The number of hydrogen-bond acceptors (Lipinski definition) is 3. The molecule has 0 aliphatic carbocycles. The van der Waals surface area contributed by atoms with Crippen molar-refractivity contribution in [1.29, 1.82) is 0 Å². The lowest BCUT2D eigenvalue weighted by molar-refractivity contribution is -0.145. The molecule has 0 aliphatic rings. The molecule has 4 nitrogen and oxygen atoms in total. The minimum Gasteiger partial charge on any atom is -0.454 e. The zero-order valence-electron chi connectivity index (χ0n) is 8.96. The summed E-state index contributed by atoms with van der Waals surface area (Å²) in [6, 6.07) is 1.18. The maximum Gasteiger partial charge on any atom is 0.433 e. The molecule has 0 radical (unpaired) electrons. The number of hydrogen-bond donors (Lipinski definition) is 1. The van der Waals surface area contributed by atoms with Crippen LogP contribution in [-0.2, 0) is 16.9 Å². The molecule has 0 bridgehead atoms. The van der Waals surface area contributed by atoms with Crippen LogP contribution in [0, 0.1) is 0 Å². The zero-order chi connectivity index (χ0) is 14.4. The highest BCUT2D eigenvalue weighted by atomic mass is 19.4. The van der Waals surface area contributed by atoms with Crippen molar-refractivity contribution in [2.75, 3.05) is 0 Å². The number of amides is 1. The molecule has 19 heavy (non-hydrogen) atoms. The van der Waals surface area contributed by atoms with Crippen LogP contribution in [-0.4, -0.2) is 10.9 Å². The quantitative estimate of drug-likeness (QED) is 0.859. The predicted octanol–water partition coefficient (Wildman–Crippen LogP) is 2.42. The Morgan fingerprint density at radius 3 is 2.37 bits per heavy atom. The first kappa shape index (κ1) is 13.2. The maximum absolute atomic E-state index is 13.2. The van der Waals surface area contributed by atoms with Crippen LogP contribution < -0.4 is 5.73 Å². The molecule has 0 fully saturated rings. The van der Waals surface area contributed by atoms with Gasteiger partial charge in [-0.2, -0.15) is 22.0 Å². The zero-order valence-corrected chi connectivity index (χ0v) is 8.96. The normalized spacial score (nSPS) is 12.9. The van der Waals surface area contributed by atoms with E-state index >= 15 is 0 Å². The molecular formula is C10H5F5N2O2. The number of primary amides is 1. The van der Waals surface area contributed by atoms with Crippen molar-refractivity contribution >= 4 is 16.9 Å². The van der Waals surface area contributed by atoms with Crippen LogP contribution in [0.2, 0.25) is 0 Å². The standard InChI is InChI=1S/C10H5F5N2O2/c11-9(12,8(16)18)7-1-4-3-17-6(10(13,14)15)2-5(4)19-7/h1-3H,(H2,16,18). The number of carbonyl (C=O) groups is 1. The molecule has 2 aromatic rings. The average molecular weight is 280 g/mol. The number of halogens is 5. The van der Waals surface area contributed by atoms with Gasteiger partial charge in [-0.15, -0.1) is 0 Å². The molecule has 0 unspecified atom stereocenters. The molecule has 0 aromatic carbocycles. The van der Waals surface area contributed by atoms with Crippen LogP contribution in [0.1, 0.15) is 11.5 Å². The van der Waals surface area contributed by atoms with Crippen molar-refractivity contribution < 1.29 is 31.2 Å². The summed E-state index contributed by atoms with van der Waals surface area (Å²) in [6.07, 6.45) is -4.00. The molecule has 0 saturated carbocycles. The fraction of sp³-hybridized carbons (Fsp3) is 0.200. The summed E-state index contributed by atoms with van der Waals surface area (Å²) >= 11 is 0. The van der Waals surface area contributed by atoms with Crippen molar-refractivity contribution in [3.8, 4) is 0 Å². The highest BCUT2D eigenvalue weighted by Crippen LogP contribution is 2.34. The highest BCUT2D eigenvalue weighted by Gasteiger charge is 2.43. The lowest BCUT2D eigenvalue weighted by Gasteiger charge is -2.07. The minimum atomic E-state index is -4.73. The second kappa shape index (κ2) is 3.90. The first-order valence-corrected chi connectivity index (χ1v) is 4.77. The van der Waals surface area contributed by atoms with E-state index in [4.69, 9.17) is 0 Å². The molecular weight excluding hydrogens is 275 g/mol. The topological polar surface area (TPSA) is 69.1 Å². The third kappa shape index (κ3) is 2.23. The van der Waals surface area contributed by atoms with Crippen molar-refractivity contribution in [2.45, 2.75) is 12.1 Å². The largest absolute Gasteiger partial charge is 0.454 e. The third-order valence-electron chi connectivity index (χ3n) is 2.31. The van der Waals surface area contributed by atoms with Gasteiger partial charge in [0, 0.05) is 17.6 Å². The molecule has 102 valence electrons. The molecule has 9 heteroatoms. The Bertz CT molecular complexity index is 647. The predicted molar refractivity (Wildman–Crippen MR) is 52.1 cm³/mol. The van der Waals surface area contributed by atoms with E-state index in [1.165, 1.54) is 0 Å². The Morgan fingerprint density at radius 2 is 1.84 bits per heavy atom. The third-order valence-corrected chi connectivity index (χ3v) is 2.31. The Kier molecular flexibility index (Phi) is 2.72. The van der Waals surface area contributed by atoms with E-state index in [0.29, 0.717) is 12.1 Å². The lowest BCUT2D eigenvalue weighted by atomic mass is 10.2. The van der Waals surface area contributed by atoms with Crippen LogP contribution in [0.5, 0.6) is 0 Å². The molecule has 2 aromatic heterocycles. The summed E-state index contributed by atoms with van der Waals surface area (Å²) in [6.45, 7) is 0. The first-order valence-electron chi connectivity index (χ1n) is 4.77. The smallest absolute Gasteiger partial charge is 0.433 e. The average Bonchev–Trinajstić information content (AvgIpc) is 2.70. The summed E-state index contributed by atoms with van der Waals surface area (Å²) in [4.78, 5) is 13.6. The number of nitrogens with two attached hydrogens (primary N) is 1. The summed E-state index contributed by atoms with van der Waals surface area (Å²) in [5.41, 5.74) is 2.73. The Morgan fingerprint density at radius 1 is 1.21 bits per heavy atom. The monoisotopic (exact) mass is 280 g/mol. The fourth-order valence-corrected chi connectivity index (χ4v) is 1.36. The number of fused-ring (bicyclic) bond motifs is 1. The van der Waals surface area contributed by atoms with E-state index in [0.717, 1.165) is 6.20 Å². The number of aromatic nitrogens is 1. The molecule has 0 atom stereocenters. The van der Waals surface area contributed by atoms with E-state index < -0.39 is 35.0 Å². The summed E-state index contributed by atoms with van der Waals surface area (Å²) in [5, 5.41) is -0.0936. The molecule has 2 heterocycles. The number of pyridine rings is 1. The Labute approximate surface area is 102 Å². The minimum absolute atomic E-state index is 0.0936. The Hall–Kier alpha value is -2.19.